The van der Waals surface area contributed by atoms with Crippen LogP contribution in [0.5, 0.6) is 11.8 Å². The first-order chi connectivity index (χ1) is 21.3. The van der Waals surface area contributed by atoms with Gasteiger partial charge in [-0.15, -0.1) is 0 Å². The summed E-state index contributed by atoms with van der Waals surface area (Å²) in [6, 6.07) is 0. The van der Waals surface area contributed by atoms with Gasteiger partial charge in [0.25, 0.3) is 0 Å². The molecule has 2 saturated heterocycles. The minimum Gasteiger partial charge on any atom is -0.492 e. The molecule has 0 unspecified atom stereocenters. The Kier molecular flexibility index (Phi) is 8.33. The van der Waals surface area contributed by atoms with Gasteiger partial charge in [-0.2, -0.15) is 14.3 Å². The van der Waals surface area contributed by atoms with Crippen molar-refractivity contribution in [3.8, 4) is 11.8 Å². The highest BCUT2D eigenvalue weighted by Crippen LogP contribution is 2.61. The lowest BCUT2D eigenvalue weighted by atomic mass is 10.1. The fourth-order valence-electron chi connectivity index (χ4n) is 4.79. The molecule has 6 heterocycles. The van der Waals surface area contributed by atoms with Gasteiger partial charge in [0.15, 0.2) is 34.8 Å². The smallest absolute Gasteiger partial charge is 0.483 e. The average Bonchev–Trinajstić information content (AvgIpc) is 3.73. The number of hydrogen-bond donors (Lipinski definition) is 8. The molecular formula is C20H24N8O15P2. The van der Waals surface area contributed by atoms with Gasteiger partial charge in [-0.3, -0.25) is 18.2 Å². The van der Waals surface area contributed by atoms with Gasteiger partial charge in [-0.25, -0.2) is 29.1 Å². The molecule has 0 bridgehead atoms. The minimum atomic E-state index is -5.55. The van der Waals surface area contributed by atoms with Crippen LogP contribution in [0.2, 0.25) is 0 Å². The average molecular weight is 678 g/mol. The normalized spacial score (nSPS) is 29.3. The fraction of sp³-hybridized carbons (Fsp3) is 0.500. The SMILES string of the molecule is O=P(O)(O)OP(=O)(OC[C@H]1O[C@@H](n2cnc3c(O)ncnc32)[C@H](O)[C@@H]1O)OC[C@H]1O[C@@H](n2cnc3c(O)ncnc32)[C@H](O)[C@@H]1O. The summed E-state index contributed by atoms with van der Waals surface area (Å²) in [4.78, 5) is 41.6. The molecule has 0 spiro atoms. The molecule has 0 saturated carbocycles. The Morgan fingerprint density at radius 1 is 0.689 bits per heavy atom. The molecule has 6 rings (SSSR count). The van der Waals surface area contributed by atoms with Gasteiger partial charge >= 0.3 is 15.6 Å². The summed E-state index contributed by atoms with van der Waals surface area (Å²) in [6.45, 7) is -1.83. The molecule has 0 aromatic carbocycles. The van der Waals surface area contributed by atoms with Crippen molar-refractivity contribution in [2.24, 2.45) is 0 Å². The molecule has 4 aromatic heterocycles. The van der Waals surface area contributed by atoms with Crippen molar-refractivity contribution < 1.29 is 72.4 Å². The van der Waals surface area contributed by atoms with E-state index in [1.807, 2.05) is 0 Å². The first kappa shape index (κ1) is 31.7. The Labute approximate surface area is 249 Å². The monoisotopic (exact) mass is 678 g/mol. The third-order valence-corrected chi connectivity index (χ3v) is 9.48. The van der Waals surface area contributed by atoms with Gasteiger partial charge in [-0.05, 0) is 0 Å². The van der Waals surface area contributed by atoms with Crippen LogP contribution in [-0.2, 0) is 32.0 Å². The molecule has 2 fully saturated rings. The number of aliphatic hydroxyl groups excluding tert-OH is 4. The number of imidazole rings is 2. The molecule has 23 nitrogen and oxygen atoms in total. The lowest BCUT2D eigenvalue weighted by molar-refractivity contribution is -0.0607. The van der Waals surface area contributed by atoms with Crippen LogP contribution in [0.3, 0.4) is 0 Å². The van der Waals surface area contributed by atoms with Gasteiger partial charge in [0.2, 0.25) is 11.8 Å². The fourth-order valence-corrected chi connectivity index (χ4v) is 6.94. The van der Waals surface area contributed by atoms with E-state index in [2.05, 4.69) is 34.2 Å². The van der Waals surface area contributed by atoms with Crippen LogP contribution in [0.4, 0.5) is 0 Å². The van der Waals surface area contributed by atoms with Gasteiger partial charge in [0.1, 0.15) is 49.3 Å². The number of phosphoric ester groups is 1. The quantitative estimate of drug-likeness (QED) is 0.0808. The lowest BCUT2D eigenvalue weighted by Gasteiger charge is -2.23. The zero-order chi connectivity index (χ0) is 32.3. The van der Waals surface area contributed by atoms with Crippen molar-refractivity contribution in [3.63, 3.8) is 0 Å². The number of nitrogens with zero attached hydrogens (tertiary/aromatic N) is 8. The molecule has 8 N–H and O–H groups in total. The van der Waals surface area contributed by atoms with Gasteiger partial charge in [0, 0.05) is 0 Å². The summed E-state index contributed by atoms with van der Waals surface area (Å²) < 4.78 is 52.8. The van der Waals surface area contributed by atoms with Crippen molar-refractivity contribution in [2.45, 2.75) is 49.1 Å². The van der Waals surface area contributed by atoms with E-state index in [0.29, 0.717) is 0 Å². The number of phosphoric acid groups is 2. The van der Waals surface area contributed by atoms with Crippen LogP contribution < -0.4 is 0 Å². The Morgan fingerprint density at radius 3 is 1.51 bits per heavy atom. The molecule has 45 heavy (non-hydrogen) atoms. The largest absolute Gasteiger partial charge is 0.492 e. The molecule has 25 heteroatoms. The van der Waals surface area contributed by atoms with Crippen LogP contribution >= 0.6 is 15.6 Å². The maximum Gasteiger partial charge on any atom is 0.483 e. The highest BCUT2D eigenvalue weighted by molar-refractivity contribution is 7.61. The second-order valence-corrected chi connectivity index (χ2v) is 12.8. The van der Waals surface area contributed by atoms with E-state index in [9.17, 15) is 49.6 Å². The van der Waals surface area contributed by atoms with E-state index in [0.717, 1.165) is 25.3 Å². The molecule has 0 radical (unpaired) electrons. The van der Waals surface area contributed by atoms with E-state index in [1.54, 1.807) is 0 Å². The summed E-state index contributed by atoms with van der Waals surface area (Å²) in [5, 5.41) is 62.0. The van der Waals surface area contributed by atoms with Crippen LogP contribution in [0, 0.1) is 0 Å². The van der Waals surface area contributed by atoms with Crippen LogP contribution in [-0.4, -0.2) is 129 Å². The van der Waals surface area contributed by atoms with Crippen molar-refractivity contribution in [3.05, 3.63) is 25.3 Å². The Bertz CT molecular complexity index is 1690. The first-order valence-corrected chi connectivity index (χ1v) is 15.7. The maximum atomic E-state index is 13.3. The maximum absolute atomic E-state index is 13.3. The third kappa shape index (κ3) is 6.02. The molecule has 0 amide bonds. The van der Waals surface area contributed by atoms with Crippen LogP contribution in [0.15, 0.2) is 25.3 Å². The first-order valence-electron chi connectivity index (χ1n) is 12.7. The van der Waals surface area contributed by atoms with E-state index >= 15 is 0 Å². The molecular weight excluding hydrogens is 654 g/mol. The van der Waals surface area contributed by atoms with E-state index in [4.69, 9.17) is 18.5 Å². The number of aromatic nitrogens is 8. The topological polar surface area (TPSA) is 329 Å². The zero-order valence-electron chi connectivity index (χ0n) is 22.2. The number of hydrogen-bond acceptors (Lipinski definition) is 19. The van der Waals surface area contributed by atoms with E-state index in [1.165, 1.54) is 9.13 Å². The van der Waals surface area contributed by atoms with Gasteiger partial charge in [-0.1, -0.05) is 0 Å². The zero-order valence-corrected chi connectivity index (χ0v) is 24.0. The summed E-state index contributed by atoms with van der Waals surface area (Å²) in [7, 11) is -10.8. The molecule has 2 aliphatic heterocycles. The summed E-state index contributed by atoms with van der Waals surface area (Å²) >= 11 is 0. The highest BCUT2D eigenvalue weighted by atomic mass is 31.3. The molecule has 4 aromatic rings. The van der Waals surface area contributed by atoms with Crippen molar-refractivity contribution in [1.82, 2.24) is 39.0 Å². The Morgan fingerprint density at radius 2 is 1.11 bits per heavy atom. The predicted octanol–water partition coefficient (Wildman–Crippen LogP) is -2.43. The lowest BCUT2D eigenvalue weighted by Crippen LogP contribution is -2.34. The van der Waals surface area contributed by atoms with Crippen molar-refractivity contribution in [1.29, 1.82) is 0 Å². The second-order valence-electron chi connectivity index (χ2n) is 9.75. The molecule has 8 atom stereocenters. The highest BCUT2D eigenvalue weighted by Gasteiger charge is 2.49. The van der Waals surface area contributed by atoms with E-state index in [-0.39, 0.29) is 22.3 Å². The predicted molar refractivity (Wildman–Crippen MR) is 138 cm³/mol. The van der Waals surface area contributed by atoms with E-state index < -0.39 is 89.7 Å². The molecule has 2 aliphatic rings. The van der Waals surface area contributed by atoms with Gasteiger partial charge in [0.05, 0.1) is 25.9 Å². The van der Waals surface area contributed by atoms with Crippen molar-refractivity contribution in [2.75, 3.05) is 13.2 Å². The molecule has 0 aliphatic carbocycles. The van der Waals surface area contributed by atoms with Crippen LogP contribution in [0.25, 0.3) is 22.3 Å². The van der Waals surface area contributed by atoms with Crippen molar-refractivity contribution >= 4 is 38.0 Å². The number of rotatable bonds is 10. The van der Waals surface area contributed by atoms with Crippen LogP contribution in [0.1, 0.15) is 12.5 Å². The molecule has 244 valence electrons. The Hall–Kier alpha value is -3.28. The summed E-state index contributed by atoms with van der Waals surface area (Å²) in [6.07, 6.45) is -8.09. The number of aromatic hydroxyl groups is 2. The second kappa shape index (κ2) is 11.8. The Balaban J connectivity index is 1.14. The van der Waals surface area contributed by atoms with Gasteiger partial charge < -0.3 is 49.9 Å². The number of fused-ring (bicyclic) bond motifs is 2. The number of ether oxygens (including phenoxy) is 2. The minimum absolute atomic E-state index is 0.0303. The third-order valence-electron chi connectivity index (χ3n) is 6.90. The summed E-state index contributed by atoms with van der Waals surface area (Å²) in [5.74, 6) is -0.914. The number of aliphatic hydroxyl groups is 4. The summed E-state index contributed by atoms with van der Waals surface area (Å²) in [5.41, 5.74) is -0.0103. The standard InChI is InChI=1S/C20H24N8O15P2/c29-11-7(41-19(13(11)31)27-5-25-9-15(27)21-3-23-17(9)33)1-39-45(38,43-44(35,36)37)40-2-8-12(30)14(32)20(42-8)28-6-26-10-16(28)22-4-24-18(10)34/h3-8,11-14,19-20,29-32H,1-2H2,(H,21,23,33)(H,22,24,34)(H2,35,36,37)/t7-,8-,11-,12-,13-,14-,19-,20-/m1/s1.